The van der Waals surface area contributed by atoms with Gasteiger partial charge in [0.15, 0.2) is 0 Å². The number of amides is 1. The Balaban J connectivity index is 1.94. The molecule has 5 nitrogen and oxygen atoms in total. The van der Waals surface area contributed by atoms with Gasteiger partial charge in [0, 0.05) is 42.4 Å². The molecular formula is C15H24BrN3O2. The maximum absolute atomic E-state index is 12.4. The van der Waals surface area contributed by atoms with Crippen molar-refractivity contribution in [2.45, 2.75) is 32.9 Å². The van der Waals surface area contributed by atoms with Crippen molar-refractivity contribution in [2.24, 2.45) is 0 Å². The quantitative estimate of drug-likeness (QED) is 0.879. The van der Waals surface area contributed by atoms with Crippen LogP contribution in [0.4, 0.5) is 0 Å². The summed E-state index contributed by atoms with van der Waals surface area (Å²) in [6, 6.07) is 2.24. The number of carbonyl (C=O) groups is 1. The van der Waals surface area contributed by atoms with E-state index in [1.54, 1.807) is 0 Å². The van der Waals surface area contributed by atoms with Crippen LogP contribution in [0.1, 0.15) is 37.3 Å². The number of aromatic nitrogens is 1. The molecule has 1 aliphatic rings. The lowest BCUT2D eigenvalue weighted by Gasteiger charge is -2.29. The molecule has 0 spiro atoms. The summed E-state index contributed by atoms with van der Waals surface area (Å²) in [5.74, 6) is -0.0184. The van der Waals surface area contributed by atoms with Crippen LogP contribution in [0, 0.1) is 0 Å². The Kier molecular flexibility index (Phi) is 5.84. The number of rotatable bonds is 5. The molecular weight excluding hydrogens is 334 g/mol. The lowest BCUT2D eigenvalue weighted by Crippen LogP contribution is -2.46. The minimum atomic E-state index is -0.0184. The number of hydrogen-bond acceptors (Lipinski definition) is 3. The van der Waals surface area contributed by atoms with E-state index in [2.05, 4.69) is 40.0 Å². The van der Waals surface area contributed by atoms with E-state index in [9.17, 15) is 4.79 Å². The summed E-state index contributed by atoms with van der Waals surface area (Å²) >= 11 is 3.44. The van der Waals surface area contributed by atoms with Crippen molar-refractivity contribution in [3.8, 4) is 0 Å². The standard InChI is InChI=1S/C15H24BrN3O2/c1-11(2)19-10-13(16)8-14(19)15(20)17-12(3)9-18-4-6-21-7-5-18/h8,10-12H,4-7,9H2,1-3H3,(H,17,20). The maximum atomic E-state index is 12.4. The SMILES string of the molecule is CC(CN1CCOCC1)NC(=O)c1cc(Br)cn1C(C)C. The summed E-state index contributed by atoms with van der Waals surface area (Å²) in [4.78, 5) is 14.8. The molecule has 0 radical (unpaired) electrons. The van der Waals surface area contributed by atoms with E-state index < -0.39 is 0 Å². The Morgan fingerprint density at radius 2 is 2.05 bits per heavy atom. The summed E-state index contributed by atoms with van der Waals surface area (Å²) in [5.41, 5.74) is 0.700. The van der Waals surface area contributed by atoms with Crippen LogP contribution in [-0.2, 0) is 4.74 Å². The number of ether oxygens (including phenoxy) is 1. The third-order valence-corrected chi connectivity index (χ3v) is 4.05. The van der Waals surface area contributed by atoms with Crippen molar-refractivity contribution < 1.29 is 9.53 Å². The van der Waals surface area contributed by atoms with Crippen molar-refractivity contribution in [1.82, 2.24) is 14.8 Å². The summed E-state index contributed by atoms with van der Waals surface area (Å²) in [6.07, 6.45) is 1.95. The third-order valence-electron chi connectivity index (χ3n) is 3.62. The molecule has 6 heteroatoms. The minimum Gasteiger partial charge on any atom is -0.379 e. The second kappa shape index (κ2) is 7.42. The minimum absolute atomic E-state index is 0.0184. The van der Waals surface area contributed by atoms with Gasteiger partial charge in [0.25, 0.3) is 5.91 Å². The summed E-state index contributed by atoms with van der Waals surface area (Å²) in [6.45, 7) is 10.5. The van der Waals surface area contributed by atoms with Crippen LogP contribution < -0.4 is 5.32 Å². The van der Waals surface area contributed by atoms with Crippen LogP contribution >= 0.6 is 15.9 Å². The third kappa shape index (κ3) is 4.56. The first kappa shape index (κ1) is 16.5. The summed E-state index contributed by atoms with van der Waals surface area (Å²) in [5, 5.41) is 3.09. The molecule has 1 atom stereocenters. The molecule has 1 aromatic rings. The first-order chi connectivity index (χ1) is 9.97. The predicted octanol–water partition coefficient (Wildman–Crippen LogP) is 2.28. The topological polar surface area (TPSA) is 46.5 Å². The van der Waals surface area contributed by atoms with Gasteiger partial charge in [-0.3, -0.25) is 9.69 Å². The number of nitrogens with one attached hydrogen (secondary N) is 1. The molecule has 1 amide bonds. The molecule has 118 valence electrons. The first-order valence-electron chi connectivity index (χ1n) is 7.45. The van der Waals surface area contributed by atoms with Gasteiger partial charge in [0.2, 0.25) is 0 Å². The van der Waals surface area contributed by atoms with Gasteiger partial charge in [0.05, 0.1) is 13.2 Å². The second-order valence-electron chi connectivity index (χ2n) is 5.83. The Morgan fingerprint density at radius 3 is 2.67 bits per heavy atom. The fourth-order valence-electron chi connectivity index (χ4n) is 2.57. The number of nitrogens with zero attached hydrogens (tertiary/aromatic N) is 2. The van der Waals surface area contributed by atoms with E-state index in [1.807, 2.05) is 23.8 Å². The van der Waals surface area contributed by atoms with E-state index in [1.165, 1.54) is 0 Å². The van der Waals surface area contributed by atoms with E-state index in [0.29, 0.717) is 5.69 Å². The van der Waals surface area contributed by atoms with Gasteiger partial charge in [0.1, 0.15) is 5.69 Å². The molecule has 1 aliphatic heterocycles. The molecule has 1 fully saturated rings. The van der Waals surface area contributed by atoms with Crippen molar-refractivity contribution in [1.29, 1.82) is 0 Å². The number of carbonyl (C=O) groups excluding carboxylic acids is 1. The van der Waals surface area contributed by atoms with Crippen molar-refractivity contribution in [3.63, 3.8) is 0 Å². The Morgan fingerprint density at radius 1 is 1.38 bits per heavy atom. The van der Waals surface area contributed by atoms with Crippen LogP contribution in [0.5, 0.6) is 0 Å². The van der Waals surface area contributed by atoms with Crippen molar-refractivity contribution >= 4 is 21.8 Å². The zero-order valence-electron chi connectivity index (χ0n) is 12.9. The highest BCUT2D eigenvalue weighted by molar-refractivity contribution is 9.10. The average molecular weight is 358 g/mol. The van der Waals surface area contributed by atoms with E-state index in [-0.39, 0.29) is 18.0 Å². The molecule has 1 N–H and O–H groups in total. The molecule has 0 aromatic carbocycles. The smallest absolute Gasteiger partial charge is 0.268 e. The van der Waals surface area contributed by atoms with Gasteiger partial charge in [-0.1, -0.05) is 0 Å². The fourth-order valence-corrected chi connectivity index (χ4v) is 3.01. The average Bonchev–Trinajstić information content (AvgIpc) is 2.82. The largest absolute Gasteiger partial charge is 0.379 e. The van der Waals surface area contributed by atoms with E-state index in [0.717, 1.165) is 37.3 Å². The van der Waals surface area contributed by atoms with Gasteiger partial charge >= 0.3 is 0 Å². The van der Waals surface area contributed by atoms with Crippen LogP contribution in [0.15, 0.2) is 16.7 Å². The lowest BCUT2D eigenvalue weighted by molar-refractivity contribution is 0.0342. The van der Waals surface area contributed by atoms with Crippen molar-refractivity contribution in [3.05, 3.63) is 22.4 Å². The fraction of sp³-hybridized carbons (Fsp3) is 0.667. The van der Waals surface area contributed by atoms with Crippen LogP contribution in [-0.4, -0.2) is 54.3 Å². The zero-order chi connectivity index (χ0) is 15.4. The molecule has 1 unspecified atom stereocenters. The zero-order valence-corrected chi connectivity index (χ0v) is 14.5. The molecule has 1 aromatic heterocycles. The van der Waals surface area contributed by atoms with E-state index >= 15 is 0 Å². The summed E-state index contributed by atoms with van der Waals surface area (Å²) in [7, 11) is 0. The van der Waals surface area contributed by atoms with Gasteiger partial charge in [-0.2, -0.15) is 0 Å². The number of hydrogen-bond donors (Lipinski definition) is 1. The monoisotopic (exact) mass is 357 g/mol. The predicted molar refractivity (Wildman–Crippen MR) is 86.7 cm³/mol. The lowest BCUT2D eigenvalue weighted by atomic mass is 10.2. The molecule has 2 rings (SSSR count). The Bertz CT molecular complexity index is 481. The Hall–Kier alpha value is -0.850. The highest BCUT2D eigenvalue weighted by Gasteiger charge is 2.19. The number of morpholine rings is 1. The van der Waals surface area contributed by atoms with E-state index in [4.69, 9.17) is 4.74 Å². The first-order valence-corrected chi connectivity index (χ1v) is 8.25. The van der Waals surface area contributed by atoms with Gasteiger partial charge in [-0.05, 0) is 42.8 Å². The molecule has 0 aliphatic carbocycles. The molecule has 1 saturated heterocycles. The summed E-state index contributed by atoms with van der Waals surface area (Å²) < 4.78 is 8.26. The molecule has 2 heterocycles. The maximum Gasteiger partial charge on any atom is 0.268 e. The Labute approximate surface area is 134 Å². The van der Waals surface area contributed by atoms with Gasteiger partial charge < -0.3 is 14.6 Å². The van der Waals surface area contributed by atoms with Gasteiger partial charge in [-0.15, -0.1) is 0 Å². The number of halogens is 1. The normalized spacial score (nSPS) is 18.0. The molecule has 0 bridgehead atoms. The second-order valence-corrected chi connectivity index (χ2v) is 6.75. The van der Waals surface area contributed by atoms with Crippen LogP contribution in [0.3, 0.4) is 0 Å². The van der Waals surface area contributed by atoms with Crippen LogP contribution in [0.2, 0.25) is 0 Å². The van der Waals surface area contributed by atoms with Gasteiger partial charge in [-0.25, -0.2) is 0 Å². The highest BCUT2D eigenvalue weighted by atomic mass is 79.9. The molecule has 21 heavy (non-hydrogen) atoms. The highest BCUT2D eigenvalue weighted by Crippen LogP contribution is 2.19. The van der Waals surface area contributed by atoms with Crippen LogP contribution in [0.25, 0.3) is 0 Å². The molecule has 0 saturated carbocycles. The van der Waals surface area contributed by atoms with Crippen molar-refractivity contribution in [2.75, 3.05) is 32.8 Å².